The molecule has 2 N–H and O–H groups in total. The van der Waals surface area contributed by atoms with E-state index < -0.39 is 26.4 Å². The highest BCUT2D eigenvalue weighted by Gasteiger charge is 2.70. The number of aliphatic hydroxyl groups is 1. The lowest BCUT2D eigenvalue weighted by atomic mass is 9.48. The van der Waals surface area contributed by atoms with Crippen molar-refractivity contribution >= 4 is 10.1 Å². The fourth-order valence-corrected chi connectivity index (χ4v) is 5.61. The molecule has 0 saturated heterocycles. The Labute approximate surface area is 104 Å². The summed E-state index contributed by atoms with van der Waals surface area (Å²) < 4.78 is 59.0. The molecule has 4 rings (SSSR count). The quantitative estimate of drug-likeness (QED) is 0.757. The van der Waals surface area contributed by atoms with Gasteiger partial charge in [-0.1, -0.05) is 0 Å². The van der Waals surface area contributed by atoms with Gasteiger partial charge in [-0.05, 0) is 50.4 Å². The van der Waals surface area contributed by atoms with Gasteiger partial charge in [0, 0.05) is 0 Å². The summed E-state index contributed by atoms with van der Waals surface area (Å²) in [4.78, 5) is 0. The standard InChI is InChI=1S/C11H16F2O4S/c12-11(13,18(15,16)17)9-2-7-1-8(3-9)5-10(14,4-7)6-9/h7-8,14H,1-6H2,(H,15,16,17). The number of alkyl halides is 2. The molecule has 4 bridgehead atoms. The highest BCUT2D eigenvalue weighted by Crippen LogP contribution is 2.66. The van der Waals surface area contributed by atoms with Gasteiger partial charge in [0.25, 0.3) is 0 Å². The van der Waals surface area contributed by atoms with Crippen molar-refractivity contribution in [3.8, 4) is 0 Å². The Hall–Kier alpha value is -0.270. The maximum atomic E-state index is 14.1. The maximum Gasteiger partial charge on any atom is 0.375 e. The zero-order chi connectivity index (χ0) is 13.4. The lowest BCUT2D eigenvalue weighted by Gasteiger charge is -2.61. The Morgan fingerprint density at radius 2 is 1.61 bits per heavy atom. The summed E-state index contributed by atoms with van der Waals surface area (Å²) in [5, 5.41) is 6.13. The molecule has 4 saturated carbocycles. The molecule has 4 aliphatic carbocycles. The van der Waals surface area contributed by atoms with E-state index in [1.807, 2.05) is 0 Å². The SMILES string of the molecule is O=S(=O)(O)C(F)(F)C12CC3CC(CC(O)(C3)C1)C2. The minimum Gasteiger partial charge on any atom is -0.390 e. The molecule has 4 nitrogen and oxygen atoms in total. The third-order valence-corrected chi connectivity index (χ3v) is 6.05. The molecule has 104 valence electrons. The minimum atomic E-state index is -5.44. The van der Waals surface area contributed by atoms with E-state index in [1.54, 1.807) is 0 Å². The van der Waals surface area contributed by atoms with Crippen LogP contribution in [0.4, 0.5) is 8.78 Å². The smallest absolute Gasteiger partial charge is 0.375 e. The van der Waals surface area contributed by atoms with E-state index >= 15 is 0 Å². The van der Waals surface area contributed by atoms with Gasteiger partial charge < -0.3 is 5.11 Å². The summed E-state index contributed by atoms with van der Waals surface area (Å²) in [5.41, 5.74) is -2.95. The number of halogens is 2. The van der Waals surface area contributed by atoms with E-state index in [0.29, 0.717) is 12.8 Å². The molecule has 0 heterocycles. The largest absolute Gasteiger partial charge is 0.390 e. The first-order valence-corrected chi connectivity index (χ1v) is 7.58. The Balaban J connectivity index is 2.06. The van der Waals surface area contributed by atoms with Crippen LogP contribution >= 0.6 is 0 Å². The highest BCUT2D eigenvalue weighted by molar-refractivity contribution is 7.86. The number of hydrogen-bond donors (Lipinski definition) is 2. The van der Waals surface area contributed by atoms with Gasteiger partial charge in [0.05, 0.1) is 11.0 Å². The van der Waals surface area contributed by atoms with Crippen molar-refractivity contribution in [2.45, 2.75) is 49.4 Å². The topological polar surface area (TPSA) is 74.6 Å². The van der Waals surface area contributed by atoms with Gasteiger partial charge >= 0.3 is 15.4 Å². The van der Waals surface area contributed by atoms with Gasteiger partial charge in [-0.2, -0.15) is 17.2 Å². The fourth-order valence-electron chi connectivity index (χ4n) is 4.83. The molecule has 0 amide bonds. The Kier molecular flexibility index (Phi) is 2.30. The molecule has 7 heteroatoms. The monoisotopic (exact) mass is 282 g/mol. The molecule has 2 unspecified atom stereocenters. The van der Waals surface area contributed by atoms with Crippen molar-refractivity contribution < 1.29 is 26.9 Å². The van der Waals surface area contributed by atoms with Crippen LogP contribution in [0.5, 0.6) is 0 Å². The Morgan fingerprint density at radius 3 is 2.00 bits per heavy atom. The van der Waals surface area contributed by atoms with Crippen LogP contribution in [-0.2, 0) is 10.1 Å². The van der Waals surface area contributed by atoms with Gasteiger partial charge in [0.15, 0.2) is 0 Å². The zero-order valence-corrected chi connectivity index (χ0v) is 10.6. The van der Waals surface area contributed by atoms with Gasteiger partial charge in [-0.15, -0.1) is 0 Å². The van der Waals surface area contributed by atoms with Crippen molar-refractivity contribution in [1.29, 1.82) is 0 Å². The van der Waals surface area contributed by atoms with Crippen molar-refractivity contribution in [3.05, 3.63) is 0 Å². The van der Waals surface area contributed by atoms with Crippen molar-refractivity contribution in [3.63, 3.8) is 0 Å². The van der Waals surface area contributed by atoms with Crippen molar-refractivity contribution in [2.24, 2.45) is 17.3 Å². The Morgan fingerprint density at radius 1 is 1.11 bits per heavy atom. The molecule has 0 aliphatic heterocycles. The van der Waals surface area contributed by atoms with Gasteiger partial charge in [-0.3, -0.25) is 4.55 Å². The van der Waals surface area contributed by atoms with Crippen LogP contribution in [-0.4, -0.2) is 28.9 Å². The fraction of sp³-hybridized carbons (Fsp3) is 1.00. The van der Waals surface area contributed by atoms with Crippen LogP contribution in [0.2, 0.25) is 0 Å². The molecule has 4 aliphatic rings. The second-order valence-corrected chi connectivity index (χ2v) is 7.92. The molecular formula is C11H16F2O4S. The summed E-state index contributed by atoms with van der Waals surface area (Å²) >= 11 is 0. The van der Waals surface area contributed by atoms with Gasteiger partial charge in [0.2, 0.25) is 0 Å². The third-order valence-electron chi connectivity index (χ3n) is 4.97. The van der Waals surface area contributed by atoms with E-state index in [0.717, 1.165) is 6.42 Å². The van der Waals surface area contributed by atoms with Crippen LogP contribution in [0.1, 0.15) is 38.5 Å². The summed E-state index contributed by atoms with van der Waals surface area (Å²) in [6.07, 6.45) is 1.68. The van der Waals surface area contributed by atoms with Crippen LogP contribution in [0.3, 0.4) is 0 Å². The molecule has 2 atom stereocenters. The molecule has 0 radical (unpaired) electrons. The number of hydrogen-bond acceptors (Lipinski definition) is 3. The van der Waals surface area contributed by atoms with Crippen molar-refractivity contribution in [2.75, 3.05) is 0 Å². The van der Waals surface area contributed by atoms with Gasteiger partial charge in [-0.25, -0.2) is 0 Å². The average Bonchev–Trinajstić information content (AvgIpc) is 2.10. The van der Waals surface area contributed by atoms with Gasteiger partial charge in [0.1, 0.15) is 0 Å². The lowest BCUT2D eigenvalue weighted by Crippen LogP contribution is -2.62. The predicted octanol–water partition coefficient (Wildman–Crippen LogP) is 1.80. The van der Waals surface area contributed by atoms with Crippen molar-refractivity contribution in [1.82, 2.24) is 0 Å². The first kappa shape index (κ1) is 12.7. The minimum absolute atomic E-state index is 0.0520. The summed E-state index contributed by atoms with van der Waals surface area (Å²) in [6.45, 7) is 0. The highest BCUT2D eigenvalue weighted by atomic mass is 32.2. The van der Waals surface area contributed by atoms with Crippen LogP contribution in [0.25, 0.3) is 0 Å². The molecule has 0 spiro atoms. The second-order valence-electron chi connectivity index (χ2n) is 6.46. The lowest BCUT2D eigenvalue weighted by molar-refractivity contribution is -0.218. The van der Waals surface area contributed by atoms with Crippen LogP contribution < -0.4 is 0 Å². The Bertz CT molecular complexity index is 473. The predicted molar refractivity (Wildman–Crippen MR) is 58.6 cm³/mol. The molecular weight excluding hydrogens is 266 g/mol. The normalized spacial score (nSPS) is 47.6. The second kappa shape index (κ2) is 3.24. The van der Waals surface area contributed by atoms with E-state index in [4.69, 9.17) is 4.55 Å². The van der Waals surface area contributed by atoms with E-state index in [1.165, 1.54) is 0 Å². The molecule has 0 aromatic rings. The van der Waals surface area contributed by atoms with Crippen LogP contribution in [0.15, 0.2) is 0 Å². The van der Waals surface area contributed by atoms with E-state index in [2.05, 4.69) is 0 Å². The first-order chi connectivity index (χ1) is 8.07. The molecule has 0 aromatic carbocycles. The molecule has 0 aromatic heterocycles. The molecule has 18 heavy (non-hydrogen) atoms. The van der Waals surface area contributed by atoms with E-state index in [9.17, 15) is 22.3 Å². The zero-order valence-electron chi connectivity index (χ0n) is 9.77. The number of rotatable bonds is 2. The van der Waals surface area contributed by atoms with Crippen LogP contribution in [0, 0.1) is 17.3 Å². The summed E-state index contributed by atoms with van der Waals surface area (Å²) in [5.74, 6) is -0.104. The first-order valence-electron chi connectivity index (χ1n) is 6.14. The summed E-state index contributed by atoms with van der Waals surface area (Å²) in [7, 11) is -5.44. The van der Waals surface area contributed by atoms with E-state index in [-0.39, 0.29) is 31.1 Å². The summed E-state index contributed by atoms with van der Waals surface area (Å²) in [6, 6.07) is 0. The maximum absolute atomic E-state index is 14.1. The average molecular weight is 282 g/mol. The third kappa shape index (κ3) is 1.50. The molecule has 4 fully saturated rings.